The lowest BCUT2D eigenvalue weighted by molar-refractivity contribution is -0.118. The highest BCUT2D eigenvalue weighted by atomic mass is 32.2. The van der Waals surface area contributed by atoms with Gasteiger partial charge in [-0.25, -0.2) is 0 Å². The lowest BCUT2D eigenvalue weighted by Gasteiger charge is -2.17. The van der Waals surface area contributed by atoms with Gasteiger partial charge in [-0.2, -0.15) is 4.98 Å². The molecule has 1 aromatic carbocycles. The fraction of sp³-hybridized carbons (Fsp3) is 0.471. The van der Waals surface area contributed by atoms with Crippen LogP contribution in [0.4, 0.5) is 5.69 Å². The molecule has 128 valence electrons. The van der Waals surface area contributed by atoms with Gasteiger partial charge in [0.15, 0.2) is 5.82 Å². The minimum atomic E-state index is -1.04. The van der Waals surface area contributed by atoms with E-state index in [-0.39, 0.29) is 11.7 Å². The molecule has 0 N–H and O–H groups in total. The van der Waals surface area contributed by atoms with Gasteiger partial charge >= 0.3 is 0 Å². The fourth-order valence-electron chi connectivity index (χ4n) is 2.85. The van der Waals surface area contributed by atoms with Crippen molar-refractivity contribution in [2.24, 2.45) is 0 Å². The molecule has 1 aliphatic heterocycles. The molecule has 3 rings (SSSR count). The second kappa shape index (κ2) is 6.84. The zero-order chi connectivity index (χ0) is 17.3. The van der Waals surface area contributed by atoms with E-state index in [2.05, 4.69) is 36.1 Å². The summed E-state index contributed by atoms with van der Waals surface area (Å²) in [6.45, 7) is 4.91. The number of rotatable bonds is 5. The summed E-state index contributed by atoms with van der Waals surface area (Å²) < 4.78 is 16.4. The summed E-state index contributed by atoms with van der Waals surface area (Å²) in [5.74, 6) is 0.966. The third-order valence-corrected chi connectivity index (χ3v) is 4.86. The molecule has 1 saturated heterocycles. The maximum Gasteiger partial charge on any atom is 0.239 e. The summed E-state index contributed by atoms with van der Waals surface area (Å²) in [6, 6.07) is 8.08. The first-order chi connectivity index (χ1) is 11.5. The zero-order valence-electron chi connectivity index (χ0n) is 14.1. The highest BCUT2D eigenvalue weighted by Crippen LogP contribution is 2.32. The molecule has 1 aliphatic rings. The predicted octanol–water partition coefficient (Wildman–Crippen LogP) is 2.59. The molecule has 1 fully saturated rings. The average molecular weight is 347 g/mol. The lowest BCUT2D eigenvalue weighted by Crippen LogP contribution is -2.26. The number of aromatic nitrogens is 2. The molecule has 6 nitrogen and oxygen atoms in total. The van der Waals surface area contributed by atoms with E-state index >= 15 is 0 Å². The summed E-state index contributed by atoms with van der Waals surface area (Å²) in [4.78, 5) is 18.7. The molecule has 0 aliphatic carbocycles. The van der Waals surface area contributed by atoms with Crippen molar-refractivity contribution in [1.29, 1.82) is 0 Å². The van der Waals surface area contributed by atoms with Crippen LogP contribution in [0.1, 0.15) is 49.4 Å². The Bertz CT molecular complexity index is 755. The molecular weight excluding hydrogens is 326 g/mol. The van der Waals surface area contributed by atoms with Gasteiger partial charge in [-0.05, 0) is 30.0 Å². The van der Waals surface area contributed by atoms with Gasteiger partial charge in [0.2, 0.25) is 11.8 Å². The largest absolute Gasteiger partial charge is 0.338 e. The Kier molecular flexibility index (Phi) is 4.80. The number of amides is 1. The molecule has 0 bridgehead atoms. The van der Waals surface area contributed by atoms with Crippen molar-refractivity contribution >= 4 is 22.4 Å². The SMILES string of the molecule is CC(C)c1ccc(N2CC[C@H](c3nc(C[S@](C)=O)no3)C2=O)cc1. The van der Waals surface area contributed by atoms with Crippen molar-refractivity contribution in [3.05, 3.63) is 41.5 Å². The van der Waals surface area contributed by atoms with E-state index in [1.54, 1.807) is 11.2 Å². The second-order valence-corrected chi connectivity index (χ2v) is 7.78. The minimum Gasteiger partial charge on any atom is -0.338 e. The molecule has 7 heteroatoms. The Hall–Kier alpha value is -2.02. The molecule has 1 amide bonds. The number of hydrogen-bond acceptors (Lipinski definition) is 5. The third-order valence-electron chi connectivity index (χ3n) is 4.19. The number of carbonyl (C=O) groups is 1. The molecule has 1 aromatic heterocycles. The molecule has 0 radical (unpaired) electrons. The van der Waals surface area contributed by atoms with Crippen molar-refractivity contribution < 1.29 is 13.5 Å². The Morgan fingerprint density at radius 3 is 2.67 bits per heavy atom. The van der Waals surface area contributed by atoms with Gasteiger partial charge in [0.1, 0.15) is 5.92 Å². The molecule has 2 atom stereocenters. The molecule has 0 saturated carbocycles. The van der Waals surface area contributed by atoms with Crippen LogP contribution in [0.15, 0.2) is 28.8 Å². The summed E-state index contributed by atoms with van der Waals surface area (Å²) in [5, 5.41) is 3.81. The Labute approximate surface area is 143 Å². The Morgan fingerprint density at radius 1 is 1.33 bits per heavy atom. The first-order valence-electron chi connectivity index (χ1n) is 7.99. The van der Waals surface area contributed by atoms with Crippen molar-refractivity contribution in [3.8, 4) is 0 Å². The number of nitrogens with zero attached hydrogens (tertiary/aromatic N) is 3. The molecule has 2 aromatic rings. The van der Waals surface area contributed by atoms with Crippen LogP contribution < -0.4 is 4.90 Å². The number of carbonyl (C=O) groups excluding carboxylic acids is 1. The molecular formula is C17H21N3O3S. The van der Waals surface area contributed by atoms with E-state index in [1.807, 2.05) is 12.1 Å². The van der Waals surface area contributed by atoms with Crippen LogP contribution in [-0.4, -0.2) is 33.1 Å². The van der Waals surface area contributed by atoms with E-state index in [9.17, 15) is 9.00 Å². The smallest absolute Gasteiger partial charge is 0.239 e. The first-order valence-corrected chi connectivity index (χ1v) is 9.72. The van der Waals surface area contributed by atoms with Crippen LogP contribution in [0.25, 0.3) is 0 Å². The normalized spacial score (nSPS) is 19.2. The van der Waals surface area contributed by atoms with Crippen LogP contribution in [0.2, 0.25) is 0 Å². The van der Waals surface area contributed by atoms with Gasteiger partial charge < -0.3 is 9.42 Å². The van der Waals surface area contributed by atoms with Crippen LogP contribution in [0, 0.1) is 0 Å². The third kappa shape index (κ3) is 3.40. The van der Waals surface area contributed by atoms with Gasteiger partial charge in [0.25, 0.3) is 0 Å². The standard InChI is InChI=1S/C17H21N3O3S/c1-11(2)12-4-6-13(7-5-12)20-9-8-14(17(20)21)16-18-15(19-23-16)10-24(3)22/h4-7,11,14H,8-10H2,1-3H3/t14-,24+/m1/s1. The van der Waals surface area contributed by atoms with Gasteiger partial charge in [-0.15, -0.1) is 0 Å². The topological polar surface area (TPSA) is 76.3 Å². The minimum absolute atomic E-state index is 0.0277. The van der Waals surface area contributed by atoms with Gasteiger partial charge in [-0.3, -0.25) is 9.00 Å². The highest BCUT2D eigenvalue weighted by Gasteiger charge is 2.37. The van der Waals surface area contributed by atoms with Crippen LogP contribution in [-0.2, 0) is 21.3 Å². The molecule has 0 unspecified atom stereocenters. The van der Waals surface area contributed by atoms with E-state index in [0.29, 0.717) is 30.6 Å². The van der Waals surface area contributed by atoms with E-state index in [1.165, 1.54) is 5.56 Å². The molecule has 2 heterocycles. The van der Waals surface area contributed by atoms with Gasteiger partial charge in [0.05, 0.1) is 5.75 Å². The quantitative estimate of drug-likeness (QED) is 0.831. The first kappa shape index (κ1) is 16.8. The maximum absolute atomic E-state index is 12.7. The van der Waals surface area contributed by atoms with Crippen molar-refractivity contribution in [2.75, 3.05) is 17.7 Å². The second-order valence-electron chi connectivity index (χ2n) is 6.34. The molecule has 0 spiro atoms. The lowest BCUT2D eigenvalue weighted by atomic mass is 10.0. The summed E-state index contributed by atoms with van der Waals surface area (Å²) in [6.07, 6.45) is 2.22. The van der Waals surface area contributed by atoms with Gasteiger partial charge in [-0.1, -0.05) is 31.1 Å². The Morgan fingerprint density at radius 2 is 2.04 bits per heavy atom. The highest BCUT2D eigenvalue weighted by molar-refractivity contribution is 7.83. The number of benzene rings is 1. The van der Waals surface area contributed by atoms with Crippen molar-refractivity contribution in [1.82, 2.24) is 10.1 Å². The average Bonchev–Trinajstić information content (AvgIpc) is 3.13. The van der Waals surface area contributed by atoms with Gasteiger partial charge in [0, 0.05) is 29.3 Å². The van der Waals surface area contributed by atoms with Crippen LogP contribution >= 0.6 is 0 Å². The van der Waals surface area contributed by atoms with Crippen molar-refractivity contribution in [2.45, 2.75) is 37.9 Å². The van der Waals surface area contributed by atoms with Crippen LogP contribution in [0.5, 0.6) is 0 Å². The van der Waals surface area contributed by atoms with E-state index in [0.717, 1.165) is 5.69 Å². The summed E-state index contributed by atoms with van der Waals surface area (Å²) in [5.41, 5.74) is 2.14. The predicted molar refractivity (Wildman–Crippen MR) is 92.3 cm³/mol. The van der Waals surface area contributed by atoms with E-state index in [4.69, 9.17) is 4.52 Å². The summed E-state index contributed by atoms with van der Waals surface area (Å²) >= 11 is 0. The number of hydrogen-bond donors (Lipinski definition) is 0. The monoisotopic (exact) mass is 347 g/mol. The summed E-state index contributed by atoms with van der Waals surface area (Å²) in [7, 11) is -1.04. The van der Waals surface area contributed by atoms with Crippen LogP contribution in [0.3, 0.4) is 0 Å². The maximum atomic E-state index is 12.7. The number of anilines is 1. The molecule has 24 heavy (non-hydrogen) atoms. The zero-order valence-corrected chi connectivity index (χ0v) is 14.9. The fourth-order valence-corrected chi connectivity index (χ4v) is 3.33. The van der Waals surface area contributed by atoms with Crippen molar-refractivity contribution in [3.63, 3.8) is 0 Å². The Balaban J connectivity index is 1.75. The van der Waals surface area contributed by atoms with E-state index < -0.39 is 16.7 Å².